The lowest BCUT2D eigenvalue weighted by molar-refractivity contribution is -0.194. The summed E-state index contributed by atoms with van der Waals surface area (Å²) < 4.78 is 38.4. The minimum absolute atomic E-state index is 0.160. The molecule has 0 aromatic heterocycles. The number of alkyl halides is 3. The van der Waals surface area contributed by atoms with Gasteiger partial charge in [-0.05, 0) is 65.9 Å². The van der Waals surface area contributed by atoms with Crippen molar-refractivity contribution in [2.45, 2.75) is 52.4 Å². The maximum atomic E-state index is 12.8. The van der Waals surface area contributed by atoms with Crippen LogP contribution in [0.15, 0.2) is 72.8 Å². The van der Waals surface area contributed by atoms with Gasteiger partial charge in [-0.1, -0.05) is 61.6 Å². The first-order chi connectivity index (χ1) is 16.7. The van der Waals surface area contributed by atoms with E-state index in [1.54, 1.807) is 0 Å². The third-order valence-corrected chi connectivity index (χ3v) is 5.33. The fraction of sp³-hybridized carbons (Fsp3) is 0.276. The van der Waals surface area contributed by atoms with Crippen molar-refractivity contribution in [2.75, 3.05) is 0 Å². The maximum Gasteiger partial charge on any atom is 0.416 e. The first-order valence-electron chi connectivity index (χ1n) is 11.5. The van der Waals surface area contributed by atoms with E-state index in [1.165, 1.54) is 42.5 Å². The molecule has 0 N–H and O–H groups in total. The van der Waals surface area contributed by atoms with Crippen LogP contribution in [-0.2, 0) is 35.3 Å². The normalized spacial score (nSPS) is 11.1. The molecule has 0 amide bonds. The van der Waals surface area contributed by atoms with Gasteiger partial charge in [-0.15, -0.1) is 5.06 Å². The van der Waals surface area contributed by atoms with Crippen LogP contribution >= 0.6 is 0 Å². The van der Waals surface area contributed by atoms with Crippen LogP contribution in [0.3, 0.4) is 0 Å². The number of unbranched alkanes of at least 4 members (excludes halogenated alkanes) is 1. The van der Waals surface area contributed by atoms with E-state index in [2.05, 4.69) is 30.9 Å². The summed E-state index contributed by atoms with van der Waals surface area (Å²) in [5.41, 5.74) is 3.88. The molecule has 3 nitrogen and oxygen atoms in total. The van der Waals surface area contributed by atoms with Crippen molar-refractivity contribution in [3.05, 3.63) is 106 Å². The predicted molar refractivity (Wildman–Crippen MR) is 130 cm³/mol. The molecule has 0 saturated heterocycles. The van der Waals surface area contributed by atoms with Crippen molar-refractivity contribution in [3.8, 4) is 11.8 Å². The van der Waals surface area contributed by atoms with E-state index < -0.39 is 17.7 Å². The van der Waals surface area contributed by atoms with Gasteiger partial charge in [0, 0.05) is 18.1 Å². The summed E-state index contributed by atoms with van der Waals surface area (Å²) in [6, 6.07) is 20.7. The van der Waals surface area contributed by atoms with Gasteiger partial charge in [-0.2, -0.15) is 13.2 Å². The fourth-order valence-corrected chi connectivity index (χ4v) is 3.48. The Bertz CT molecular complexity index is 1160. The zero-order valence-electron chi connectivity index (χ0n) is 19.9. The quantitative estimate of drug-likeness (QED) is 0.259. The summed E-state index contributed by atoms with van der Waals surface area (Å²) in [6.07, 6.45) is -0.965. The van der Waals surface area contributed by atoms with Gasteiger partial charge >= 0.3 is 12.1 Å². The largest absolute Gasteiger partial charge is 0.416 e. The van der Waals surface area contributed by atoms with E-state index >= 15 is 0 Å². The molecular weight excluding hydrogens is 451 g/mol. The van der Waals surface area contributed by atoms with Crippen LogP contribution in [0.5, 0.6) is 0 Å². The average molecular weight is 480 g/mol. The van der Waals surface area contributed by atoms with Crippen molar-refractivity contribution in [3.63, 3.8) is 0 Å². The van der Waals surface area contributed by atoms with E-state index in [1.807, 2.05) is 36.4 Å². The first-order valence-corrected chi connectivity index (χ1v) is 11.5. The van der Waals surface area contributed by atoms with E-state index in [9.17, 15) is 18.0 Å². The molecule has 0 heterocycles. The van der Waals surface area contributed by atoms with Gasteiger partial charge in [0.15, 0.2) is 0 Å². The number of nitrogens with zero attached hydrogens (tertiary/aromatic N) is 1. The summed E-state index contributed by atoms with van der Waals surface area (Å²) in [5.74, 6) is 5.82. The number of rotatable bonds is 8. The Kier molecular flexibility index (Phi) is 9.11. The van der Waals surface area contributed by atoms with Crippen molar-refractivity contribution in [2.24, 2.45) is 0 Å². The SMILES string of the molecule is CCCCc1ccc(C#Cc2ccc(CN(Cc3ccc(C(F)(F)F)cc3)OC(C)=O)cc2)cc1. The van der Waals surface area contributed by atoms with E-state index in [4.69, 9.17) is 4.84 Å². The zero-order valence-corrected chi connectivity index (χ0v) is 19.9. The summed E-state index contributed by atoms with van der Waals surface area (Å²) in [4.78, 5) is 16.8. The minimum atomic E-state index is -4.39. The lowest BCUT2D eigenvalue weighted by Gasteiger charge is -2.21. The van der Waals surface area contributed by atoms with Crippen LogP contribution in [0.1, 0.15) is 60.1 Å². The lowest BCUT2D eigenvalue weighted by Crippen LogP contribution is -2.25. The number of hydrogen-bond acceptors (Lipinski definition) is 3. The molecule has 0 aliphatic carbocycles. The highest BCUT2D eigenvalue weighted by molar-refractivity contribution is 5.65. The number of halogens is 3. The minimum Gasteiger partial charge on any atom is -0.368 e. The second-order valence-electron chi connectivity index (χ2n) is 8.32. The van der Waals surface area contributed by atoms with Crippen molar-refractivity contribution in [1.82, 2.24) is 5.06 Å². The average Bonchev–Trinajstić information content (AvgIpc) is 2.82. The monoisotopic (exact) mass is 479 g/mol. The van der Waals surface area contributed by atoms with Crippen LogP contribution in [0.25, 0.3) is 0 Å². The lowest BCUT2D eigenvalue weighted by atomic mass is 10.1. The molecule has 3 aromatic rings. The molecule has 0 bridgehead atoms. The van der Waals surface area contributed by atoms with Crippen molar-refractivity contribution >= 4 is 5.97 Å². The highest BCUT2D eigenvalue weighted by Gasteiger charge is 2.30. The third kappa shape index (κ3) is 8.62. The van der Waals surface area contributed by atoms with Crippen LogP contribution in [0.2, 0.25) is 0 Å². The Labute approximate surface area is 204 Å². The number of aryl methyl sites for hydroxylation is 1. The van der Waals surface area contributed by atoms with E-state index in [0.717, 1.165) is 35.2 Å². The van der Waals surface area contributed by atoms with Crippen LogP contribution in [0, 0.1) is 11.8 Å². The van der Waals surface area contributed by atoms with Crippen LogP contribution in [0.4, 0.5) is 13.2 Å². The number of carbonyl (C=O) groups excluding carboxylic acids is 1. The Morgan fingerprint density at radius 1 is 0.800 bits per heavy atom. The first kappa shape index (κ1) is 26.1. The highest BCUT2D eigenvalue weighted by Crippen LogP contribution is 2.29. The standard InChI is InChI=1S/C29H28F3NO2/c1-3-4-5-23-6-8-24(9-7-23)10-11-25-12-14-26(15-13-25)20-33(35-22(2)34)21-27-16-18-28(19-17-27)29(30,31)32/h6-9,12-19H,3-5,20-21H2,1-2H3. The van der Waals surface area contributed by atoms with Gasteiger partial charge in [0.2, 0.25) is 0 Å². The summed E-state index contributed by atoms with van der Waals surface area (Å²) in [5, 5.41) is 1.42. The van der Waals surface area contributed by atoms with Crippen LogP contribution in [-0.4, -0.2) is 11.0 Å². The maximum absolute atomic E-state index is 12.8. The van der Waals surface area contributed by atoms with Crippen LogP contribution < -0.4 is 0 Å². The van der Waals surface area contributed by atoms with Gasteiger partial charge in [0.25, 0.3) is 0 Å². The number of benzene rings is 3. The predicted octanol–water partition coefficient (Wildman–Crippen LogP) is 6.93. The molecule has 3 aromatic carbocycles. The highest BCUT2D eigenvalue weighted by atomic mass is 19.4. The summed E-state index contributed by atoms with van der Waals surface area (Å²) in [7, 11) is 0. The molecule has 0 fully saturated rings. The van der Waals surface area contributed by atoms with Gasteiger partial charge < -0.3 is 4.84 Å². The molecule has 35 heavy (non-hydrogen) atoms. The van der Waals surface area contributed by atoms with Gasteiger partial charge in [-0.3, -0.25) is 4.79 Å². The van der Waals surface area contributed by atoms with Gasteiger partial charge in [0.05, 0.1) is 18.7 Å². The van der Waals surface area contributed by atoms with Crippen molar-refractivity contribution in [1.29, 1.82) is 0 Å². The van der Waals surface area contributed by atoms with E-state index in [0.29, 0.717) is 5.56 Å². The number of carbonyl (C=O) groups is 1. The van der Waals surface area contributed by atoms with Gasteiger partial charge in [0.1, 0.15) is 0 Å². The molecule has 0 atom stereocenters. The molecule has 6 heteroatoms. The topological polar surface area (TPSA) is 29.5 Å². The summed E-state index contributed by atoms with van der Waals surface area (Å²) >= 11 is 0. The molecule has 0 aliphatic rings. The fourth-order valence-electron chi connectivity index (χ4n) is 3.48. The Morgan fingerprint density at radius 2 is 1.26 bits per heavy atom. The Hall–Kier alpha value is -3.56. The van der Waals surface area contributed by atoms with Gasteiger partial charge in [-0.25, -0.2) is 0 Å². The smallest absolute Gasteiger partial charge is 0.368 e. The number of hydroxylamine groups is 2. The molecule has 182 valence electrons. The second-order valence-corrected chi connectivity index (χ2v) is 8.32. The Balaban J connectivity index is 1.63. The second kappa shape index (κ2) is 12.2. The summed E-state index contributed by atoms with van der Waals surface area (Å²) in [6.45, 7) is 3.91. The molecule has 0 radical (unpaired) electrons. The zero-order chi connectivity index (χ0) is 25.3. The molecule has 0 unspecified atom stereocenters. The molecule has 0 saturated carbocycles. The third-order valence-electron chi connectivity index (χ3n) is 5.33. The molecule has 0 aliphatic heterocycles. The van der Waals surface area contributed by atoms with E-state index in [-0.39, 0.29) is 13.1 Å². The molecule has 0 spiro atoms. The van der Waals surface area contributed by atoms with Crippen molar-refractivity contribution < 1.29 is 22.8 Å². The molecule has 3 rings (SSSR count). The molecular formula is C29H28F3NO2. The number of hydrogen-bond donors (Lipinski definition) is 0. The Morgan fingerprint density at radius 3 is 1.69 bits per heavy atom.